The van der Waals surface area contributed by atoms with Crippen LogP contribution in [0.25, 0.3) is 16.2 Å². The Kier molecular flexibility index (Phi) is 5.33. The fourth-order valence-corrected chi connectivity index (χ4v) is 4.56. The molecule has 4 rings (SSSR count). The number of carbonyl (C=O) groups excluding carboxylic acids is 1. The van der Waals surface area contributed by atoms with Crippen LogP contribution in [-0.2, 0) is 11.3 Å². The van der Waals surface area contributed by atoms with E-state index in [1.807, 2.05) is 11.8 Å². The van der Waals surface area contributed by atoms with Gasteiger partial charge in [0, 0.05) is 67.9 Å². The zero-order valence-electron chi connectivity index (χ0n) is 16.5. The van der Waals surface area contributed by atoms with Gasteiger partial charge in [0.1, 0.15) is 0 Å². The van der Waals surface area contributed by atoms with E-state index in [1.54, 1.807) is 23.5 Å². The number of hydrogen-bond donors (Lipinski definition) is 0. The van der Waals surface area contributed by atoms with Gasteiger partial charge in [0.15, 0.2) is 4.96 Å². The first-order valence-electron chi connectivity index (χ1n) is 9.68. The highest BCUT2D eigenvalue weighted by molar-refractivity contribution is 7.17. The number of fused-ring (bicyclic) bond motifs is 1. The Hall–Kier alpha value is -2.78. The number of amides is 1. The minimum absolute atomic E-state index is 0.0730. The Bertz CT molecular complexity index is 1050. The van der Waals surface area contributed by atoms with Crippen LogP contribution in [0.5, 0.6) is 0 Å². The SMILES string of the molecule is CCC(=O)N1CCN(Cc2c(-c3ccc([N+](=O)[O-])cc3)nc3sc(C)cn23)CC1. The lowest BCUT2D eigenvalue weighted by Crippen LogP contribution is -2.48. The van der Waals surface area contributed by atoms with Crippen LogP contribution in [-0.4, -0.2) is 56.2 Å². The van der Waals surface area contributed by atoms with Gasteiger partial charge in [0.05, 0.1) is 16.3 Å². The average molecular weight is 414 g/mol. The van der Waals surface area contributed by atoms with Gasteiger partial charge in [-0.3, -0.25) is 24.2 Å². The fourth-order valence-electron chi connectivity index (χ4n) is 3.71. The molecule has 9 heteroatoms. The van der Waals surface area contributed by atoms with Gasteiger partial charge in [-0.2, -0.15) is 0 Å². The highest BCUT2D eigenvalue weighted by Crippen LogP contribution is 2.30. The van der Waals surface area contributed by atoms with Crippen molar-refractivity contribution in [1.29, 1.82) is 0 Å². The van der Waals surface area contributed by atoms with E-state index in [0.29, 0.717) is 6.42 Å². The van der Waals surface area contributed by atoms with Crippen molar-refractivity contribution < 1.29 is 9.72 Å². The van der Waals surface area contributed by atoms with Crippen LogP contribution in [0.15, 0.2) is 30.5 Å². The third-order valence-electron chi connectivity index (χ3n) is 5.29. The predicted octanol–water partition coefficient (Wildman–Crippen LogP) is 3.33. The van der Waals surface area contributed by atoms with Crippen molar-refractivity contribution >= 4 is 27.9 Å². The number of non-ortho nitro benzene ring substituents is 1. The van der Waals surface area contributed by atoms with Crippen LogP contribution in [0.1, 0.15) is 23.9 Å². The van der Waals surface area contributed by atoms with Gasteiger partial charge < -0.3 is 4.90 Å². The van der Waals surface area contributed by atoms with Gasteiger partial charge in [-0.15, -0.1) is 11.3 Å². The molecule has 0 bridgehead atoms. The van der Waals surface area contributed by atoms with Gasteiger partial charge in [-0.05, 0) is 19.1 Å². The molecule has 0 spiro atoms. The van der Waals surface area contributed by atoms with Crippen molar-refractivity contribution in [2.75, 3.05) is 26.2 Å². The first kappa shape index (κ1) is 19.5. The summed E-state index contributed by atoms with van der Waals surface area (Å²) in [4.78, 5) is 33.7. The Morgan fingerprint density at radius 2 is 1.90 bits per heavy atom. The maximum absolute atomic E-state index is 11.9. The number of imidazole rings is 1. The van der Waals surface area contributed by atoms with Crippen molar-refractivity contribution in [3.05, 3.63) is 51.1 Å². The van der Waals surface area contributed by atoms with Crippen molar-refractivity contribution in [2.24, 2.45) is 0 Å². The van der Waals surface area contributed by atoms with Gasteiger partial charge >= 0.3 is 0 Å². The number of nitrogens with zero attached hydrogens (tertiary/aromatic N) is 5. The van der Waals surface area contributed by atoms with E-state index in [2.05, 4.69) is 22.4 Å². The van der Waals surface area contributed by atoms with E-state index in [9.17, 15) is 14.9 Å². The van der Waals surface area contributed by atoms with Crippen LogP contribution in [0.3, 0.4) is 0 Å². The minimum atomic E-state index is -0.392. The third-order valence-corrected chi connectivity index (χ3v) is 6.19. The maximum atomic E-state index is 11.9. The van der Waals surface area contributed by atoms with Crippen LogP contribution in [0, 0.1) is 17.0 Å². The Morgan fingerprint density at radius 3 is 2.52 bits per heavy atom. The highest BCUT2D eigenvalue weighted by atomic mass is 32.1. The topological polar surface area (TPSA) is 84.0 Å². The summed E-state index contributed by atoms with van der Waals surface area (Å²) in [5.74, 6) is 0.205. The van der Waals surface area contributed by atoms with Gasteiger partial charge in [-0.25, -0.2) is 4.98 Å². The van der Waals surface area contributed by atoms with E-state index in [1.165, 1.54) is 17.0 Å². The number of benzene rings is 1. The molecule has 3 heterocycles. The molecule has 1 aliphatic heterocycles. The molecule has 0 unspecified atom stereocenters. The fraction of sp³-hybridized carbons (Fsp3) is 0.400. The van der Waals surface area contributed by atoms with Crippen LogP contribution in [0.4, 0.5) is 5.69 Å². The molecule has 152 valence electrons. The summed E-state index contributed by atoms with van der Waals surface area (Å²) in [6.07, 6.45) is 2.63. The second kappa shape index (κ2) is 7.92. The molecule has 1 aliphatic rings. The largest absolute Gasteiger partial charge is 0.340 e. The summed E-state index contributed by atoms with van der Waals surface area (Å²) in [5.41, 5.74) is 2.88. The number of aryl methyl sites for hydroxylation is 1. The minimum Gasteiger partial charge on any atom is -0.340 e. The lowest BCUT2D eigenvalue weighted by atomic mass is 10.1. The molecule has 3 aromatic rings. The van der Waals surface area contributed by atoms with Crippen LogP contribution >= 0.6 is 11.3 Å². The van der Waals surface area contributed by atoms with E-state index < -0.39 is 4.92 Å². The van der Waals surface area contributed by atoms with Gasteiger partial charge in [0.25, 0.3) is 5.69 Å². The van der Waals surface area contributed by atoms with Crippen molar-refractivity contribution in [3.63, 3.8) is 0 Å². The lowest BCUT2D eigenvalue weighted by molar-refractivity contribution is -0.384. The molecule has 0 atom stereocenters. The second-order valence-electron chi connectivity index (χ2n) is 7.22. The number of nitro groups is 1. The Balaban J connectivity index is 1.62. The first-order valence-corrected chi connectivity index (χ1v) is 10.5. The predicted molar refractivity (Wildman–Crippen MR) is 112 cm³/mol. The summed E-state index contributed by atoms with van der Waals surface area (Å²) >= 11 is 1.63. The van der Waals surface area contributed by atoms with Crippen molar-refractivity contribution in [3.8, 4) is 11.3 Å². The number of aromatic nitrogens is 2. The molecule has 0 radical (unpaired) electrons. The van der Waals surface area contributed by atoms with E-state index in [0.717, 1.165) is 54.6 Å². The molecular formula is C20H23N5O3S. The standard InChI is InChI=1S/C20H23N5O3S/c1-3-18(26)23-10-8-22(9-11-23)13-17-19(21-20-24(17)12-14(2)29-20)15-4-6-16(7-5-15)25(27)28/h4-7,12H,3,8-11,13H2,1-2H3. The average Bonchev–Trinajstić information content (AvgIpc) is 3.25. The molecule has 0 N–H and O–H groups in total. The summed E-state index contributed by atoms with van der Waals surface area (Å²) in [7, 11) is 0. The molecule has 2 aromatic heterocycles. The quantitative estimate of drug-likeness (QED) is 0.473. The Labute approximate surface area is 172 Å². The normalized spacial score (nSPS) is 15.2. The van der Waals surface area contributed by atoms with E-state index in [-0.39, 0.29) is 11.6 Å². The maximum Gasteiger partial charge on any atom is 0.269 e. The summed E-state index contributed by atoms with van der Waals surface area (Å²) in [6.45, 7) is 7.80. The number of thiazole rings is 1. The third kappa shape index (κ3) is 3.88. The van der Waals surface area contributed by atoms with Crippen molar-refractivity contribution in [2.45, 2.75) is 26.8 Å². The molecule has 0 aliphatic carbocycles. The second-order valence-corrected chi connectivity index (χ2v) is 8.43. The zero-order valence-corrected chi connectivity index (χ0v) is 17.3. The number of nitro benzene ring substituents is 1. The highest BCUT2D eigenvalue weighted by Gasteiger charge is 2.23. The van der Waals surface area contributed by atoms with Crippen molar-refractivity contribution in [1.82, 2.24) is 19.2 Å². The van der Waals surface area contributed by atoms with Crippen LogP contribution < -0.4 is 0 Å². The summed E-state index contributed by atoms with van der Waals surface area (Å²) in [6, 6.07) is 6.57. The lowest BCUT2D eigenvalue weighted by Gasteiger charge is -2.34. The van der Waals surface area contributed by atoms with Gasteiger partial charge in [-0.1, -0.05) is 6.92 Å². The molecule has 1 amide bonds. The van der Waals surface area contributed by atoms with E-state index >= 15 is 0 Å². The number of rotatable bonds is 5. The molecule has 1 aromatic carbocycles. The van der Waals surface area contributed by atoms with Crippen LogP contribution in [0.2, 0.25) is 0 Å². The first-order chi connectivity index (χ1) is 14.0. The molecule has 1 fully saturated rings. The number of piperazine rings is 1. The Morgan fingerprint density at radius 1 is 1.21 bits per heavy atom. The molecule has 0 saturated carbocycles. The molecule has 1 saturated heterocycles. The molecular weight excluding hydrogens is 390 g/mol. The molecule has 29 heavy (non-hydrogen) atoms. The summed E-state index contributed by atoms with van der Waals surface area (Å²) in [5, 5.41) is 11.0. The van der Waals surface area contributed by atoms with E-state index in [4.69, 9.17) is 4.98 Å². The number of carbonyl (C=O) groups is 1. The zero-order chi connectivity index (χ0) is 20.5. The monoisotopic (exact) mass is 413 g/mol. The summed E-state index contributed by atoms with van der Waals surface area (Å²) < 4.78 is 2.13. The molecule has 8 nitrogen and oxygen atoms in total. The smallest absolute Gasteiger partial charge is 0.269 e. The number of hydrogen-bond acceptors (Lipinski definition) is 6. The van der Waals surface area contributed by atoms with Gasteiger partial charge in [0.2, 0.25) is 5.91 Å².